The second-order valence-corrected chi connectivity index (χ2v) is 8.04. The Labute approximate surface area is 171 Å². The second-order valence-electron chi connectivity index (χ2n) is 8.04. The Bertz CT molecular complexity index is 1140. The van der Waals surface area contributed by atoms with E-state index in [1.807, 2.05) is 63.4 Å². The molecule has 1 aromatic heterocycles. The normalized spacial score (nSPS) is 14.8. The molecule has 0 bridgehead atoms. The van der Waals surface area contributed by atoms with Gasteiger partial charge >= 0.3 is 0 Å². The highest BCUT2D eigenvalue weighted by atomic mass is 16.2. The lowest BCUT2D eigenvalue weighted by molar-refractivity contribution is -0.133. The van der Waals surface area contributed by atoms with Gasteiger partial charge in [0.1, 0.15) is 5.82 Å². The molecular formula is C24H27N3O2. The number of hydrogen-bond acceptors (Lipinski definition) is 3. The van der Waals surface area contributed by atoms with Crippen LogP contribution in [0.25, 0.3) is 16.6 Å². The van der Waals surface area contributed by atoms with Crippen LogP contribution in [0, 0.1) is 19.8 Å². The van der Waals surface area contributed by atoms with Gasteiger partial charge in [-0.25, -0.2) is 4.98 Å². The standard InChI is InChI=1S/C24H27N3O2/c1-5-21(26(4)23(28)17-11-12-17)22-25-20-9-7-6-8-19(20)24(29)27(22)18-13-10-15(2)16(3)14-18/h6-10,13-14,17,21H,5,11-12H2,1-4H3. The third kappa shape index (κ3) is 3.46. The Balaban J connectivity index is 1.96. The van der Waals surface area contributed by atoms with Crippen molar-refractivity contribution in [3.05, 3.63) is 69.8 Å². The lowest BCUT2D eigenvalue weighted by Crippen LogP contribution is -2.36. The number of hydrogen-bond donors (Lipinski definition) is 0. The Morgan fingerprint density at radius 2 is 1.90 bits per heavy atom. The Hall–Kier alpha value is -2.95. The van der Waals surface area contributed by atoms with Crippen molar-refractivity contribution < 1.29 is 4.79 Å². The van der Waals surface area contributed by atoms with E-state index in [0.29, 0.717) is 23.1 Å². The van der Waals surface area contributed by atoms with E-state index in [9.17, 15) is 9.59 Å². The molecule has 4 rings (SSSR count). The fourth-order valence-corrected chi connectivity index (χ4v) is 3.89. The van der Waals surface area contributed by atoms with Crippen LogP contribution >= 0.6 is 0 Å². The zero-order valence-electron chi connectivity index (χ0n) is 17.5. The first kappa shape index (κ1) is 19.4. The minimum atomic E-state index is -0.262. The van der Waals surface area contributed by atoms with Gasteiger partial charge in [-0.15, -0.1) is 0 Å². The third-order valence-corrected chi connectivity index (χ3v) is 5.98. The van der Waals surface area contributed by atoms with Gasteiger partial charge in [0, 0.05) is 13.0 Å². The Morgan fingerprint density at radius 1 is 1.17 bits per heavy atom. The number of benzene rings is 2. The molecule has 1 atom stereocenters. The summed E-state index contributed by atoms with van der Waals surface area (Å²) in [5.41, 5.74) is 3.64. The van der Waals surface area contributed by atoms with Crippen LogP contribution < -0.4 is 5.56 Å². The zero-order chi connectivity index (χ0) is 20.7. The zero-order valence-corrected chi connectivity index (χ0v) is 17.5. The maximum atomic E-state index is 13.5. The topological polar surface area (TPSA) is 55.2 Å². The lowest BCUT2D eigenvalue weighted by atomic mass is 10.1. The highest BCUT2D eigenvalue weighted by Gasteiger charge is 2.36. The van der Waals surface area contributed by atoms with Gasteiger partial charge in [0.05, 0.1) is 22.6 Å². The van der Waals surface area contributed by atoms with Crippen LogP contribution in [0.4, 0.5) is 0 Å². The average molecular weight is 389 g/mol. The predicted octanol–water partition coefficient (Wildman–Crippen LogP) is 4.32. The first-order valence-corrected chi connectivity index (χ1v) is 10.3. The molecular weight excluding hydrogens is 362 g/mol. The van der Waals surface area contributed by atoms with Gasteiger partial charge in [0.2, 0.25) is 5.91 Å². The summed E-state index contributed by atoms with van der Waals surface area (Å²) in [6.45, 7) is 6.13. The Morgan fingerprint density at radius 3 is 2.55 bits per heavy atom. The van der Waals surface area contributed by atoms with E-state index in [1.54, 1.807) is 9.47 Å². The molecule has 150 valence electrons. The van der Waals surface area contributed by atoms with E-state index in [2.05, 4.69) is 6.92 Å². The molecule has 0 spiro atoms. The smallest absolute Gasteiger partial charge is 0.266 e. The van der Waals surface area contributed by atoms with Crippen molar-refractivity contribution in [3.63, 3.8) is 0 Å². The number of fused-ring (bicyclic) bond motifs is 1. The van der Waals surface area contributed by atoms with Gasteiger partial charge in [0.25, 0.3) is 5.56 Å². The molecule has 1 aliphatic carbocycles. The number of carbonyl (C=O) groups excluding carboxylic acids is 1. The second kappa shape index (κ2) is 7.47. The summed E-state index contributed by atoms with van der Waals surface area (Å²) < 4.78 is 1.69. The highest BCUT2D eigenvalue weighted by molar-refractivity contribution is 5.81. The fraction of sp³-hybridized carbons (Fsp3) is 0.375. The quantitative estimate of drug-likeness (QED) is 0.653. The number of aromatic nitrogens is 2. The van der Waals surface area contributed by atoms with E-state index >= 15 is 0 Å². The number of para-hydroxylation sites is 1. The van der Waals surface area contributed by atoms with Gasteiger partial charge in [-0.3, -0.25) is 14.2 Å². The van der Waals surface area contributed by atoms with Crippen molar-refractivity contribution in [2.45, 2.75) is 46.1 Å². The summed E-state index contributed by atoms with van der Waals surface area (Å²) in [5, 5.41) is 0.584. The molecule has 1 aliphatic rings. The van der Waals surface area contributed by atoms with Crippen LogP contribution in [0.3, 0.4) is 0 Å². The van der Waals surface area contributed by atoms with Gasteiger partial charge < -0.3 is 4.90 Å². The van der Waals surface area contributed by atoms with E-state index < -0.39 is 0 Å². The molecule has 1 fully saturated rings. The molecule has 0 aliphatic heterocycles. The lowest BCUT2D eigenvalue weighted by Gasteiger charge is -2.29. The monoisotopic (exact) mass is 389 g/mol. The third-order valence-electron chi connectivity index (χ3n) is 5.98. The predicted molar refractivity (Wildman–Crippen MR) is 115 cm³/mol. The number of nitrogens with zero attached hydrogens (tertiary/aromatic N) is 3. The van der Waals surface area contributed by atoms with Gasteiger partial charge in [-0.2, -0.15) is 0 Å². The molecule has 0 radical (unpaired) electrons. The average Bonchev–Trinajstić information content (AvgIpc) is 3.56. The maximum Gasteiger partial charge on any atom is 0.266 e. The SMILES string of the molecule is CCC(c1nc2ccccc2c(=O)n1-c1ccc(C)c(C)c1)N(C)C(=O)C1CC1. The molecule has 3 aromatic rings. The number of carbonyl (C=O) groups is 1. The first-order chi connectivity index (χ1) is 13.9. The van der Waals surface area contributed by atoms with Crippen LogP contribution in [0.2, 0.25) is 0 Å². The van der Waals surface area contributed by atoms with Crippen LogP contribution in [0.5, 0.6) is 0 Å². The summed E-state index contributed by atoms with van der Waals surface area (Å²) in [6.07, 6.45) is 2.59. The van der Waals surface area contributed by atoms with Crippen molar-refractivity contribution in [1.82, 2.24) is 14.5 Å². The van der Waals surface area contributed by atoms with Crippen molar-refractivity contribution in [2.24, 2.45) is 5.92 Å². The molecule has 5 heteroatoms. The van der Waals surface area contributed by atoms with E-state index in [4.69, 9.17) is 4.98 Å². The summed E-state index contributed by atoms with van der Waals surface area (Å²) in [5.74, 6) is 0.887. The van der Waals surface area contributed by atoms with Crippen LogP contribution in [0.15, 0.2) is 47.3 Å². The van der Waals surface area contributed by atoms with Crippen molar-refractivity contribution in [2.75, 3.05) is 7.05 Å². The molecule has 2 aromatic carbocycles. The fourth-order valence-electron chi connectivity index (χ4n) is 3.89. The van der Waals surface area contributed by atoms with E-state index in [1.165, 1.54) is 5.56 Å². The number of rotatable bonds is 5. The van der Waals surface area contributed by atoms with Crippen molar-refractivity contribution >= 4 is 16.8 Å². The molecule has 1 heterocycles. The molecule has 29 heavy (non-hydrogen) atoms. The van der Waals surface area contributed by atoms with Crippen molar-refractivity contribution in [3.8, 4) is 5.69 Å². The highest BCUT2D eigenvalue weighted by Crippen LogP contribution is 2.34. The minimum absolute atomic E-state index is 0.0976. The molecule has 1 saturated carbocycles. The van der Waals surface area contributed by atoms with Gasteiger partial charge in [-0.05, 0) is 68.5 Å². The Kier molecular flexibility index (Phi) is 4.99. The summed E-state index contributed by atoms with van der Waals surface area (Å²) in [6, 6.07) is 13.2. The minimum Gasteiger partial charge on any atom is -0.335 e. The van der Waals surface area contributed by atoms with E-state index in [0.717, 1.165) is 24.1 Å². The summed E-state index contributed by atoms with van der Waals surface area (Å²) in [7, 11) is 1.83. The summed E-state index contributed by atoms with van der Waals surface area (Å²) >= 11 is 0. The van der Waals surface area contributed by atoms with Crippen molar-refractivity contribution in [1.29, 1.82) is 0 Å². The van der Waals surface area contributed by atoms with Gasteiger partial charge in [-0.1, -0.05) is 25.1 Å². The van der Waals surface area contributed by atoms with Gasteiger partial charge in [0.15, 0.2) is 0 Å². The van der Waals surface area contributed by atoms with Crippen LogP contribution in [-0.4, -0.2) is 27.4 Å². The molecule has 0 N–H and O–H groups in total. The molecule has 1 amide bonds. The molecule has 0 saturated heterocycles. The largest absolute Gasteiger partial charge is 0.335 e. The molecule has 1 unspecified atom stereocenters. The van der Waals surface area contributed by atoms with E-state index in [-0.39, 0.29) is 23.4 Å². The van der Waals surface area contributed by atoms with Crippen LogP contribution in [-0.2, 0) is 4.79 Å². The summed E-state index contributed by atoms with van der Waals surface area (Å²) in [4.78, 5) is 33.0. The first-order valence-electron chi connectivity index (χ1n) is 10.3. The van der Waals surface area contributed by atoms with Crippen LogP contribution in [0.1, 0.15) is 49.2 Å². The number of aryl methyl sites for hydroxylation is 2. The molecule has 5 nitrogen and oxygen atoms in total. The number of amides is 1. The maximum absolute atomic E-state index is 13.5.